The Morgan fingerprint density at radius 3 is 2.48 bits per heavy atom. The summed E-state index contributed by atoms with van der Waals surface area (Å²) >= 11 is 0. The van der Waals surface area contributed by atoms with Crippen LogP contribution in [0.4, 0.5) is 0 Å². The number of hydrogen-bond donors (Lipinski definition) is 1. The second-order valence-electron chi connectivity index (χ2n) is 6.33. The number of benzene rings is 2. The molecule has 6 nitrogen and oxygen atoms in total. The van der Waals surface area contributed by atoms with Crippen molar-refractivity contribution < 1.29 is 28.4 Å². The maximum absolute atomic E-state index is 13.2. The first-order valence-corrected chi connectivity index (χ1v) is 9.98. The molecule has 2 aromatic carbocycles. The van der Waals surface area contributed by atoms with Crippen LogP contribution >= 0.6 is 0 Å². The molecular weight excluding hydrogens is 368 g/mol. The van der Waals surface area contributed by atoms with E-state index in [9.17, 15) is 18.9 Å². The third kappa shape index (κ3) is 3.47. The molecule has 7 heteroatoms. The van der Waals surface area contributed by atoms with Crippen molar-refractivity contribution in [2.75, 3.05) is 20.0 Å². The molecule has 0 fully saturated rings. The zero-order valence-corrected chi connectivity index (χ0v) is 16.1. The number of carboxylic acid groups (broad SMARTS) is 1. The number of aliphatic carboxylic acids is 1. The van der Waals surface area contributed by atoms with E-state index >= 15 is 0 Å². The topological polar surface area (TPSA) is 89.9 Å². The number of carboxylic acids is 1. The third-order valence-corrected chi connectivity index (χ3v) is 5.61. The van der Waals surface area contributed by atoms with Crippen molar-refractivity contribution in [2.24, 2.45) is 0 Å². The predicted molar refractivity (Wildman–Crippen MR) is 100 cm³/mol. The van der Waals surface area contributed by atoms with Gasteiger partial charge in [-0.15, -0.1) is 0 Å². The number of methoxy groups -OCH3 is 1. The van der Waals surface area contributed by atoms with Crippen molar-refractivity contribution in [3.8, 4) is 11.5 Å². The van der Waals surface area contributed by atoms with Gasteiger partial charge in [0.2, 0.25) is 5.78 Å². The van der Waals surface area contributed by atoms with Crippen molar-refractivity contribution in [2.45, 2.75) is 24.2 Å². The number of carbonyl (C=O) groups is 2. The Bertz CT molecular complexity index is 932. The van der Waals surface area contributed by atoms with Gasteiger partial charge in [0.1, 0.15) is 17.1 Å². The van der Waals surface area contributed by atoms with E-state index in [1.54, 1.807) is 43.5 Å². The summed E-state index contributed by atoms with van der Waals surface area (Å²) < 4.78 is 22.7. The Morgan fingerprint density at radius 1 is 1.26 bits per heavy atom. The number of carbonyl (C=O) groups excluding carboxylic acids is 1. The van der Waals surface area contributed by atoms with E-state index in [-0.39, 0.29) is 17.1 Å². The fraction of sp³-hybridized carbons (Fsp3) is 0.300. The monoisotopic (exact) mass is 388 g/mol. The van der Waals surface area contributed by atoms with E-state index in [0.717, 1.165) is 5.56 Å². The molecule has 0 radical (unpaired) electrons. The summed E-state index contributed by atoms with van der Waals surface area (Å²) in [5.74, 6) is -1.49. The summed E-state index contributed by atoms with van der Waals surface area (Å²) in [6, 6.07) is 8.24. The highest BCUT2D eigenvalue weighted by Crippen LogP contribution is 2.42. The van der Waals surface area contributed by atoms with Crippen LogP contribution in [0.5, 0.6) is 11.5 Å². The van der Waals surface area contributed by atoms with Crippen LogP contribution in [0.25, 0.3) is 0 Å². The van der Waals surface area contributed by atoms with Crippen LogP contribution in [0.1, 0.15) is 39.9 Å². The Morgan fingerprint density at radius 2 is 1.93 bits per heavy atom. The van der Waals surface area contributed by atoms with Gasteiger partial charge in [-0.25, -0.2) is 0 Å². The van der Waals surface area contributed by atoms with Crippen LogP contribution < -0.4 is 9.47 Å². The number of hydrogen-bond acceptors (Lipinski definition) is 5. The number of rotatable bonds is 6. The zero-order valence-electron chi connectivity index (χ0n) is 15.3. The summed E-state index contributed by atoms with van der Waals surface area (Å²) in [4.78, 5) is 25.4. The summed E-state index contributed by atoms with van der Waals surface area (Å²) in [6.07, 6.45) is 2.17. The first-order valence-electron chi connectivity index (χ1n) is 8.42. The van der Waals surface area contributed by atoms with Crippen LogP contribution in [0.3, 0.4) is 0 Å². The molecule has 27 heavy (non-hydrogen) atoms. The van der Waals surface area contributed by atoms with Gasteiger partial charge in [0.15, 0.2) is 0 Å². The Balaban J connectivity index is 2.17. The van der Waals surface area contributed by atoms with E-state index in [4.69, 9.17) is 9.47 Å². The molecule has 0 bridgehead atoms. The number of fused-ring (bicyclic) bond motifs is 1. The van der Waals surface area contributed by atoms with Crippen molar-refractivity contribution >= 4 is 22.6 Å². The van der Waals surface area contributed by atoms with E-state index in [0.29, 0.717) is 34.8 Å². The molecule has 0 aliphatic carbocycles. The highest BCUT2D eigenvalue weighted by molar-refractivity contribution is 7.84. The van der Waals surface area contributed by atoms with Crippen molar-refractivity contribution in [3.05, 3.63) is 52.6 Å². The fourth-order valence-electron chi connectivity index (χ4n) is 3.16. The lowest BCUT2D eigenvalue weighted by Gasteiger charge is -2.19. The van der Waals surface area contributed by atoms with Gasteiger partial charge in [0, 0.05) is 39.5 Å². The molecular formula is C20H20O6S. The second-order valence-corrected chi connectivity index (χ2v) is 7.71. The van der Waals surface area contributed by atoms with E-state index in [1.807, 2.05) is 0 Å². The predicted octanol–water partition coefficient (Wildman–Crippen LogP) is 2.79. The van der Waals surface area contributed by atoms with Gasteiger partial charge < -0.3 is 14.6 Å². The van der Waals surface area contributed by atoms with E-state index in [2.05, 4.69) is 0 Å². The molecule has 2 atom stereocenters. The van der Waals surface area contributed by atoms with Gasteiger partial charge in [0.05, 0.1) is 19.6 Å². The molecule has 0 aromatic heterocycles. The van der Waals surface area contributed by atoms with Gasteiger partial charge in [-0.1, -0.05) is 0 Å². The summed E-state index contributed by atoms with van der Waals surface area (Å²) in [7, 11) is 0.270. The average Bonchev–Trinajstić information content (AvgIpc) is 3.13. The van der Waals surface area contributed by atoms with E-state index < -0.39 is 22.7 Å². The van der Waals surface area contributed by atoms with Crippen LogP contribution in [0, 0.1) is 0 Å². The minimum Gasteiger partial charge on any atom is -0.496 e. The first kappa shape index (κ1) is 19.1. The molecule has 142 valence electrons. The van der Waals surface area contributed by atoms with Crippen LogP contribution in [-0.4, -0.2) is 41.0 Å². The molecule has 2 unspecified atom stereocenters. The largest absolute Gasteiger partial charge is 0.496 e. The molecule has 0 spiro atoms. The lowest BCUT2D eigenvalue weighted by atomic mass is 9.90. The second kappa shape index (κ2) is 7.52. The molecule has 0 saturated carbocycles. The van der Waals surface area contributed by atoms with Crippen molar-refractivity contribution in [3.63, 3.8) is 0 Å². The Labute approximate surface area is 159 Å². The van der Waals surface area contributed by atoms with Crippen LogP contribution in [0.15, 0.2) is 35.2 Å². The minimum atomic E-state index is -1.14. The standard InChI is InChI=1S/C20H20O6S/c1-11(20(22)23)15-10-13-8-9-26-18(13)16(19(15)25-2)17(21)12-4-6-14(7-5-12)27(3)24/h4-7,10-11H,8-9H2,1-3H3,(H,22,23). The average molecular weight is 388 g/mol. The maximum Gasteiger partial charge on any atom is 0.310 e. The molecule has 1 heterocycles. The quantitative estimate of drug-likeness (QED) is 0.766. The van der Waals surface area contributed by atoms with Gasteiger partial charge in [-0.05, 0) is 42.8 Å². The summed E-state index contributed by atoms with van der Waals surface area (Å²) in [5, 5.41) is 9.43. The van der Waals surface area contributed by atoms with Crippen molar-refractivity contribution in [1.82, 2.24) is 0 Å². The number of ketones is 1. The van der Waals surface area contributed by atoms with Gasteiger partial charge in [-0.2, -0.15) is 0 Å². The molecule has 1 N–H and O–H groups in total. The highest BCUT2D eigenvalue weighted by atomic mass is 32.2. The van der Waals surface area contributed by atoms with Crippen LogP contribution in [-0.2, 0) is 22.0 Å². The summed E-state index contributed by atoms with van der Waals surface area (Å²) in [5.41, 5.74) is 1.87. The lowest BCUT2D eigenvalue weighted by Crippen LogP contribution is -2.13. The molecule has 3 rings (SSSR count). The maximum atomic E-state index is 13.2. The fourth-order valence-corrected chi connectivity index (χ4v) is 3.68. The molecule has 0 saturated heterocycles. The smallest absolute Gasteiger partial charge is 0.310 e. The molecule has 1 aliphatic rings. The normalized spacial score (nSPS) is 14.8. The van der Waals surface area contributed by atoms with Crippen LogP contribution in [0.2, 0.25) is 0 Å². The third-order valence-electron chi connectivity index (χ3n) is 4.67. The molecule has 1 aliphatic heterocycles. The Kier molecular flexibility index (Phi) is 5.32. The lowest BCUT2D eigenvalue weighted by molar-refractivity contribution is -0.138. The van der Waals surface area contributed by atoms with Gasteiger partial charge in [0.25, 0.3) is 0 Å². The highest BCUT2D eigenvalue weighted by Gasteiger charge is 2.31. The summed E-state index contributed by atoms with van der Waals surface area (Å²) in [6.45, 7) is 1.99. The minimum absolute atomic E-state index is 0.221. The van der Waals surface area contributed by atoms with Crippen molar-refractivity contribution in [1.29, 1.82) is 0 Å². The SMILES string of the molecule is COc1c(C(C)C(=O)O)cc2c(c1C(=O)c1ccc(S(C)=O)cc1)OCC2. The molecule has 2 aromatic rings. The Hall–Kier alpha value is -2.67. The first-order chi connectivity index (χ1) is 12.8. The van der Waals surface area contributed by atoms with E-state index in [1.165, 1.54) is 7.11 Å². The number of ether oxygens (including phenoxy) is 2. The zero-order chi connectivity index (χ0) is 19.7. The van der Waals surface area contributed by atoms with Gasteiger partial charge >= 0.3 is 5.97 Å². The molecule has 0 amide bonds. The van der Waals surface area contributed by atoms with Gasteiger partial charge in [-0.3, -0.25) is 13.8 Å².